The highest BCUT2D eigenvalue weighted by molar-refractivity contribution is 5.81. The summed E-state index contributed by atoms with van der Waals surface area (Å²) in [5.41, 5.74) is -0.330. The number of aliphatic hydroxyl groups excluding tert-OH is 3. The number of ether oxygens (including phenoxy) is 2. The summed E-state index contributed by atoms with van der Waals surface area (Å²) in [7, 11) is 0. The van der Waals surface area contributed by atoms with Gasteiger partial charge in [0.25, 0.3) is 5.91 Å². The third-order valence-electron chi connectivity index (χ3n) is 6.73. The minimum absolute atomic E-state index is 0.260. The molecule has 1 heterocycles. The number of carboxylic acids is 1. The predicted molar refractivity (Wildman–Crippen MR) is 146 cm³/mol. The first-order valence-corrected chi connectivity index (χ1v) is 14.6. The summed E-state index contributed by atoms with van der Waals surface area (Å²) in [6.45, 7) is 8.50. The SMILES string of the molecule is CCCCCCCCCCCCO[C@@H]1O[C@H](C(=O)NCCCC[C@H](NC(C)(C)C)C(=O)O)[C@@H](O)[C@H](O)[C@H]1O. The summed E-state index contributed by atoms with van der Waals surface area (Å²) in [6.07, 6.45) is 6.08. The van der Waals surface area contributed by atoms with Crippen molar-refractivity contribution >= 4 is 11.9 Å². The largest absolute Gasteiger partial charge is 0.480 e. The Morgan fingerprint density at radius 1 is 0.842 bits per heavy atom. The van der Waals surface area contributed by atoms with Gasteiger partial charge in [0.1, 0.15) is 24.4 Å². The van der Waals surface area contributed by atoms with Crippen molar-refractivity contribution in [1.82, 2.24) is 10.6 Å². The molecular weight excluding hydrogens is 492 g/mol. The van der Waals surface area contributed by atoms with Gasteiger partial charge in [-0.2, -0.15) is 0 Å². The van der Waals surface area contributed by atoms with Gasteiger partial charge in [0.2, 0.25) is 0 Å². The van der Waals surface area contributed by atoms with E-state index in [4.69, 9.17) is 9.47 Å². The molecule has 10 nitrogen and oxygen atoms in total. The summed E-state index contributed by atoms with van der Waals surface area (Å²) in [6, 6.07) is -0.681. The van der Waals surface area contributed by atoms with Crippen LogP contribution in [0.4, 0.5) is 0 Å². The number of carboxylic acid groups (broad SMARTS) is 1. The lowest BCUT2D eigenvalue weighted by atomic mass is 9.98. The second kappa shape index (κ2) is 18.9. The van der Waals surface area contributed by atoms with Crippen LogP contribution < -0.4 is 10.6 Å². The second-order valence-corrected chi connectivity index (χ2v) is 11.5. The van der Waals surface area contributed by atoms with Crippen molar-refractivity contribution in [3.63, 3.8) is 0 Å². The number of unbranched alkanes of at least 4 members (excludes halogenated alkanes) is 10. The highest BCUT2D eigenvalue weighted by Gasteiger charge is 2.47. The van der Waals surface area contributed by atoms with E-state index in [0.29, 0.717) is 25.9 Å². The molecule has 0 aliphatic carbocycles. The van der Waals surface area contributed by atoms with E-state index in [0.717, 1.165) is 19.3 Å². The van der Waals surface area contributed by atoms with E-state index in [2.05, 4.69) is 17.6 Å². The van der Waals surface area contributed by atoms with Crippen LogP contribution in [0.5, 0.6) is 0 Å². The van der Waals surface area contributed by atoms with E-state index in [1.54, 1.807) is 0 Å². The Morgan fingerprint density at radius 2 is 1.42 bits per heavy atom. The average Bonchev–Trinajstić information content (AvgIpc) is 2.85. The maximum absolute atomic E-state index is 12.6. The minimum Gasteiger partial charge on any atom is -0.480 e. The number of aliphatic hydroxyl groups is 3. The van der Waals surface area contributed by atoms with Gasteiger partial charge in [0.15, 0.2) is 12.4 Å². The number of hydrogen-bond donors (Lipinski definition) is 6. The third-order valence-corrected chi connectivity index (χ3v) is 6.73. The highest BCUT2D eigenvalue weighted by Crippen LogP contribution is 2.23. The molecule has 6 atom stereocenters. The van der Waals surface area contributed by atoms with Crippen LogP contribution in [0.25, 0.3) is 0 Å². The number of carbonyl (C=O) groups is 2. The number of amides is 1. The number of carbonyl (C=O) groups excluding carboxylic acids is 1. The molecule has 0 radical (unpaired) electrons. The molecule has 0 spiro atoms. The van der Waals surface area contributed by atoms with Crippen molar-refractivity contribution in [1.29, 1.82) is 0 Å². The Kier molecular flexibility index (Phi) is 17.3. The lowest BCUT2D eigenvalue weighted by Gasteiger charge is -2.39. The van der Waals surface area contributed by atoms with Gasteiger partial charge in [-0.05, 0) is 46.5 Å². The summed E-state index contributed by atoms with van der Waals surface area (Å²) in [4.78, 5) is 24.0. The van der Waals surface area contributed by atoms with Gasteiger partial charge in [-0.15, -0.1) is 0 Å². The third kappa shape index (κ3) is 14.2. The molecule has 1 amide bonds. The van der Waals surface area contributed by atoms with Gasteiger partial charge in [-0.1, -0.05) is 64.7 Å². The summed E-state index contributed by atoms with van der Waals surface area (Å²) in [5, 5.41) is 45.9. The molecule has 10 heteroatoms. The van der Waals surface area contributed by atoms with Gasteiger partial charge in [0, 0.05) is 18.7 Å². The lowest BCUT2D eigenvalue weighted by molar-refractivity contribution is -0.290. The molecule has 0 aromatic heterocycles. The van der Waals surface area contributed by atoms with E-state index >= 15 is 0 Å². The maximum Gasteiger partial charge on any atom is 0.320 e. The Labute approximate surface area is 228 Å². The average molecular weight is 547 g/mol. The van der Waals surface area contributed by atoms with Crippen LogP contribution in [0.3, 0.4) is 0 Å². The smallest absolute Gasteiger partial charge is 0.320 e. The normalized spacial score (nSPS) is 24.8. The number of rotatable bonds is 20. The zero-order valence-corrected chi connectivity index (χ0v) is 24.0. The van der Waals surface area contributed by atoms with E-state index in [-0.39, 0.29) is 12.1 Å². The Hall–Kier alpha value is -1.30. The first-order valence-electron chi connectivity index (χ1n) is 14.6. The first-order chi connectivity index (χ1) is 18.0. The molecule has 1 aliphatic rings. The fourth-order valence-corrected chi connectivity index (χ4v) is 4.56. The van der Waals surface area contributed by atoms with Gasteiger partial charge in [-0.3, -0.25) is 14.9 Å². The Bertz CT molecular complexity index is 657. The number of nitrogens with one attached hydrogen (secondary N) is 2. The zero-order chi connectivity index (χ0) is 28.6. The van der Waals surface area contributed by atoms with Crippen molar-refractivity contribution in [3.05, 3.63) is 0 Å². The fourth-order valence-electron chi connectivity index (χ4n) is 4.56. The van der Waals surface area contributed by atoms with Crippen molar-refractivity contribution in [2.75, 3.05) is 13.2 Å². The van der Waals surface area contributed by atoms with Gasteiger partial charge < -0.3 is 35.2 Å². The van der Waals surface area contributed by atoms with Crippen LogP contribution in [0.15, 0.2) is 0 Å². The fraction of sp³-hybridized carbons (Fsp3) is 0.929. The summed E-state index contributed by atoms with van der Waals surface area (Å²) in [5.74, 6) is -1.53. The molecule has 224 valence electrons. The highest BCUT2D eigenvalue weighted by atomic mass is 16.7. The minimum atomic E-state index is -1.59. The topological polar surface area (TPSA) is 158 Å². The quantitative estimate of drug-likeness (QED) is 0.126. The predicted octanol–water partition coefficient (Wildman–Crippen LogP) is 2.86. The van der Waals surface area contributed by atoms with Crippen LogP contribution in [0.1, 0.15) is 111 Å². The van der Waals surface area contributed by atoms with Gasteiger partial charge in [-0.25, -0.2) is 0 Å². The molecular formula is C28H54N2O8. The van der Waals surface area contributed by atoms with E-state index in [1.807, 2.05) is 20.8 Å². The van der Waals surface area contributed by atoms with Crippen LogP contribution in [-0.4, -0.2) is 87.7 Å². The summed E-state index contributed by atoms with van der Waals surface area (Å²) >= 11 is 0. The molecule has 38 heavy (non-hydrogen) atoms. The zero-order valence-electron chi connectivity index (χ0n) is 24.0. The van der Waals surface area contributed by atoms with Crippen molar-refractivity contribution < 1.29 is 39.5 Å². The molecule has 0 aromatic rings. The van der Waals surface area contributed by atoms with Crippen LogP contribution in [-0.2, 0) is 19.1 Å². The molecule has 0 bridgehead atoms. The molecule has 0 saturated carbocycles. The van der Waals surface area contributed by atoms with Crippen LogP contribution in [0.2, 0.25) is 0 Å². The molecule has 1 aliphatic heterocycles. The molecule has 0 unspecified atom stereocenters. The van der Waals surface area contributed by atoms with Crippen LogP contribution in [0, 0.1) is 0 Å². The number of aliphatic carboxylic acids is 1. The molecule has 1 fully saturated rings. The van der Waals surface area contributed by atoms with Gasteiger partial charge in [0.05, 0.1) is 0 Å². The summed E-state index contributed by atoms with van der Waals surface area (Å²) < 4.78 is 11.1. The van der Waals surface area contributed by atoms with Crippen molar-refractivity contribution in [3.8, 4) is 0 Å². The van der Waals surface area contributed by atoms with Crippen molar-refractivity contribution in [2.45, 2.75) is 153 Å². The second-order valence-electron chi connectivity index (χ2n) is 11.5. The Morgan fingerprint density at radius 3 is 1.97 bits per heavy atom. The van der Waals surface area contributed by atoms with Crippen LogP contribution >= 0.6 is 0 Å². The lowest BCUT2D eigenvalue weighted by Crippen LogP contribution is -2.62. The molecule has 0 aromatic carbocycles. The van der Waals surface area contributed by atoms with Gasteiger partial charge >= 0.3 is 5.97 Å². The van der Waals surface area contributed by atoms with Crippen molar-refractivity contribution in [2.24, 2.45) is 0 Å². The Balaban J connectivity index is 2.32. The van der Waals surface area contributed by atoms with E-state index < -0.39 is 48.6 Å². The van der Waals surface area contributed by atoms with E-state index in [1.165, 1.54) is 44.9 Å². The molecule has 1 rings (SSSR count). The first kappa shape index (κ1) is 34.7. The van der Waals surface area contributed by atoms with E-state index in [9.17, 15) is 30.0 Å². The number of hydrogen-bond acceptors (Lipinski definition) is 8. The monoisotopic (exact) mass is 546 g/mol. The molecule has 1 saturated heterocycles. The standard InChI is InChI=1S/C28H54N2O8/c1-5-6-7-8-9-10-11-12-13-16-19-37-27-23(33)21(31)22(32)24(38-27)25(34)29-18-15-14-17-20(26(35)36)30-28(2,3)4/h20-24,27,30-33H,5-19H2,1-4H3,(H,29,34)(H,35,36)/t20-,21-,22-,23+,24-,27+/m0/s1. The maximum atomic E-state index is 12.6. The molecule has 6 N–H and O–H groups in total.